The standard InChI is InChI=1S/C22H24N2OS/c1-13-10-11-16-17(12-13)26-21-20(16)19(15-8-6-5-7-9-15)18(14(2)23-21)22(25)24(3)4/h5-9,13H,10-12H2,1-4H3/t13-/m1/s1. The van der Waals surface area contributed by atoms with Gasteiger partial charge in [-0.25, -0.2) is 4.98 Å². The number of fused-ring (bicyclic) bond motifs is 3. The molecule has 26 heavy (non-hydrogen) atoms. The molecule has 0 fully saturated rings. The van der Waals surface area contributed by atoms with E-state index in [9.17, 15) is 4.79 Å². The van der Waals surface area contributed by atoms with Crippen molar-refractivity contribution in [3.63, 3.8) is 0 Å². The molecule has 2 heterocycles. The highest BCUT2D eigenvalue weighted by molar-refractivity contribution is 7.19. The second-order valence-electron chi connectivity index (χ2n) is 7.54. The maximum absolute atomic E-state index is 13.0. The number of pyridine rings is 1. The zero-order chi connectivity index (χ0) is 18.4. The summed E-state index contributed by atoms with van der Waals surface area (Å²) in [5, 5.41) is 1.21. The minimum atomic E-state index is 0.0277. The molecule has 134 valence electrons. The summed E-state index contributed by atoms with van der Waals surface area (Å²) in [5.74, 6) is 0.750. The molecule has 0 unspecified atom stereocenters. The van der Waals surface area contributed by atoms with Crippen molar-refractivity contribution in [1.29, 1.82) is 0 Å². The maximum Gasteiger partial charge on any atom is 0.255 e. The van der Waals surface area contributed by atoms with Gasteiger partial charge in [0.1, 0.15) is 4.83 Å². The van der Waals surface area contributed by atoms with Crippen LogP contribution < -0.4 is 0 Å². The van der Waals surface area contributed by atoms with Gasteiger partial charge in [0.25, 0.3) is 5.91 Å². The lowest BCUT2D eigenvalue weighted by Crippen LogP contribution is -2.24. The zero-order valence-electron chi connectivity index (χ0n) is 15.8. The van der Waals surface area contributed by atoms with E-state index in [2.05, 4.69) is 19.1 Å². The summed E-state index contributed by atoms with van der Waals surface area (Å²) in [7, 11) is 3.62. The van der Waals surface area contributed by atoms with Crippen molar-refractivity contribution in [2.75, 3.05) is 14.1 Å². The number of aromatic nitrogens is 1. The van der Waals surface area contributed by atoms with Crippen molar-refractivity contribution in [1.82, 2.24) is 9.88 Å². The molecule has 1 amide bonds. The molecular formula is C22H24N2OS. The lowest BCUT2D eigenvalue weighted by molar-refractivity contribution is 0.0827. The normalized spacial score (nSPS) is 16.5. The maximum atomic E-state index is 13.0. The molecule has 0 bridgehead atoms. The molecule has 0 radical (unpaired) electrons. The first-order valence-corrected chi connectivity index (χ1v) is 10.0. The van der Waals surface area contributed by atoms with Crippen molar-refractivity contribution < 1.29 is 4.79 Å². The number of benzene rings is 1. The fourth-order valence-corrected chi connectivity index (χ4v) is 5.40. The Hall–Kier alpha value is -2.20. The molecule has 1 aliphatic rings. The van der Waals surface area contributed by atoms with E-state index in [4.69, 9.17) is 4.98 Å². The van der Waals surface area contributed by atoms with Gasteiger partial charge in [-0.05, 0) is 43.2 Å². The molecule has 0 aliphatic heterocycles. The van der Waals surface area contributed by atoms with Crippen molar-refractivity contribution in [3.05, 3.63) is 52.0 Å². The summed E-state index contributed by atoms with van der Waals surface area (Å²) in [6.07, 6.45) is 3.41. The van der Waals surface area contributed by atoms with Crippen molar-refractivity contribution in [2.45, 2.75) is 33.1 Å². The van der Waals surface area contributed by atoms with E-state index < -0.39 is 0 Å². The van der Waals surface area contributed by atoms with E-state index in [0.717, 1.165) is 46.0 Å². The number of hydrogen-bond donors (Lipinski definition) is 0. The monoisotopic (exact) mass is 364 g/mol. The number of hydrogen-bond acceptors (Lipinski definition) is 3. The largest absolute Gasteiger partial charge is 0.345 e. The molecule has 0 spiro atoms. The van der Waals surface area contributed by atoms with Crippen LogP contribution in [0.15, 0.2) is 30.3 Å². The summed E-state index contributed by atoms with van der Waals surface area (Å²) in [5.41, 5.74) is 5.16. The first-order chi connectivity index (χ1) is 12.5. The van der Waals surface area contributed by atoms with Crippen LogP contribution >= 0.6 is 11.3 Å². The van der Waals surface area contributed by atoms with Crippen LogP contribution in [0.1, 0.15) is 39.8 Å². The van der Waals surface area contributed by atoms with Crippen LogP contribution in [0.5, 0.6) is 0 Å². The first-order valence-electron chi connectivity index (χ1n) is 9.19. The quantitative estimate of drug-likeness (QED) is 0.634. The number of amides is 1. The number of rotatable bonds is 2. The summed E-state index contributed by atoms with van der Waals surface area (Å²) in [4.78, 5) is 22.1. The van der Waals surface area contributed by atoms with Gasteiger partial charge >= 0.3 is 0 Å². The molecule has 0 N–H and O–H groups in total. The second-order valence-corrected chi connectivity index (χ2v) is 8.63. The zero-order valence-corrected chi connectivity index (χ0v) is 16.6. The van der Waals surface area contributed by atoms with Crippen LogP contribution in [0.2, 0.25) is 0 Å². The highest BCUT2D eigenvalue weighted by atomic mass is 32.1. The lowest BCUT2D eigenvalue weighted by Gasteiger charge is -2.20. The van der Waals surface area contributed by atoms with Crippen molar-refractivity contribution in [2.24, 2.45) is 5.92 Å². The highest BCUT2D eigenvalue weighted by Crippen LogP contribution is 2.44. The fraction of sp³-hybridized carbons (Fsp3) is 0.364. The van der Waals surface area contributed by atoms with Crippen LogP contribution in [-0.2, 0) is 12.8 Å². The smallest absolute Gasteiger partial charge is 0.255 e. The summed E-state index contributed by atoms with van der Waals surface area (Å²) in [6, 6.07) is 10.3. The van der Waals surface area contributed by atoms with Gasteiger partial charge in [-0.15, -0.1) is 11.3 Å². The topological polar surface area (TPSA) is 33.2 Å². The minimum absolute atomic E-state index is 0.0277. The molecule has 0 saturated carbocycles. The molecular weight excluding hydrogens is 340 g/mol. The summed E-state index contributed by atoms with van der Waals surface area (Å²) < 4.78 is 0. The van der Waals surface area contributed by atoms with Crippen LogP contribution in [0, 0.1) is 12.8 Å². The van der Waals surface area contributed by atoms with Gasteiger partial charge in [0.05, 0.1) is 11.3 Å². The molecule has 4 heteroatoms. The predicted octanol–water partition coefficient (Wildman–Crippen LogP) is 5.10. The van der Waals surface area contributed by atoms with Gasteiger partial charge in [-0.2, -0.15) is 0 Å². The van der Waals surface area contributed by atoms with E-state index in [-0.39, 0.29) is 5.91 Å². The molecule has 1 atom stereocenters. The average molecular weight is 365 g/mol. The minimum Gasteiger partial charge on any atom is -0.345 e. The second kappa shape index (κ2) is 6.51. The van der Waals surface area contributed by atoms with E-state index in [1.165, 1.54) is 22.2 Å². The summed E-state index contributed by atoms with van der Waals surface area (Å²) >= 11 is 1.82. The van der Waals surface area contributed by atoms with Crippen LogP contribution in [0.3, 0.4) is 0 Å². The Labute approximate surface area is 158 Å². The molecule has 3 aromatic rings. The van der Waals surface area contributed by atoms with Gasteiger partial charge < -0.3 is 4.90 Å². The molecule has 1 aliphatic carbocycles. The third-order valence-corrected chi connectivity index (χ3v) is 6.45. The third kappa shape index (κ3) is 2.73. The van der Waals surface area contributed by atoms with E-state index >= 15 is 0 Å². The Balaban J connectivity index is 2.11. The van der Waals surface area contributed by atoms with E-state index in [1.54, 1.807) is 4.90 Å². The van der Waals surface area contributed by atoms with Crippen LogP contribution in [-0.4, -0.2) is 29.9 Å². The lowest BCUT2D eigenvalue weighted by atomic mass is 9.86. The van der Waals surface area contributed by atoms with Gasteiger partial charge in [-0.1, -0.05) is 37.3 Å². The van der Waals surface area contributed by atoms with Crippen molar-refractivity contribution >= 4 is 27.5 Å². The predicted molar refractivity (Wildman–Crippen MR) is 109 cm³/mol. The number of nitrogens with zero attached hydrogens (tertiary/aromatic N) is 2. The Morgan fingerprint density at radius 2 is 1.96 bits per heavy atom. The van der Waals surface area contributed by atoms with E-state index in [1.807, 2.05) is 50.6 Å². The molecule has 3 nitrogen and oxygen atoms in total. The molecule has 1 aromatic carbocycles. The van der Waals surface area contributed by atoms with E-state index in [0.29, 0.717) is 0 Å². The Kier molecular flexibility index (Phi) is 4.31. The number of carbonyl (C=O) groups excluding carboxylic acids is 1. The molecule has 4 rings (SSSR count). The number of thiophene rings is 1. The van der Waals surface area contributed by atoms with Gasteiger partial charge in [0.2, 0.25) is 0 Å². The van der Waals surface area contributed by atoms with Crippen LogP contribution in [0.4, 0.5) is 0 Å². The Morgan fingerprint density at radius 3 is 2.65 bits per heavy atom. The highest BCUT2D eigenvalue weighted by Gasteiger charge is 2.28. The molecule has 0 saturated heterocycles. The van der Waals surface area contributed by atoms with Gasteiger partial charge in [0, 0.05) is 29.9 Å². The van der Waals surface area contributed by atoms with Gasteiger partial charge in [0.15, 0.2) is 0 Å². The number of aryl methyl sites for hydroxylation is 2. The van der Waals surface area contributed by atoms with Crippen molar-refractivity contribution in [3.8, 4) is 11.1 Å². The van der Waals surface area contributed by atoms with Crippen LogP contribution in [0.25, 0.3) is 21.3 Å². The SMILES string of the molecule is Cc1nc2sc3c(c2c(-c2ccccc2)c1C(=O)N(C)C)CC[C@@H](C)C3. The fourth-order valence-electron chi connectivity index (χ4n) is 3.97. The Bertz CT molecular complexity index is 989. The third-order valence-electron chi connectivity index (χ3n) is 5.31. The van der Waals surface area contributed by atoms with Gasteiger partial charge in [-0.3, -0.25) is 4.79 Å². The first kappa shape index (κ1) is 17.2. The Morgan fingerprint density at radius 1 is 1.23 bits per heavy atom. The molecule has 2 aromatic heterocycles. The average Bonchev–Trinajstić information content (AvgIpc) is 2.97. The summed E-state index contributed by atoms with van der Waals surface area (Å²) in [6.45, 7) is 4.29. The number of carbonyl (C=O) groups is 1.